The Morgan fingerprint density at radius 3 is 2.06 bits per heavy atom. The third kappa shape index (κ3) is 5.05. The molecule has 3 aromatic rings. The number of aryl methyl sites for hydroxylation is 1. The highest BCUT2D eigenvalue weighted by Gasteiger charge is 2.40. The second-order valence-electron chi connectivity index (χ2n) is 7.30. The van der Waals surface area contributed by atoms with Gasteiger partial charge in [-0.3, -0.25) is 8.98 Å². The third-order valence-corrected chi connectivity index (χ3v) is 6.35. The summed E-state index contributed by atoms with van der Waals surface area (Å²) in [5, 5.41) is 20.6. The first kappa shape index (κ1) is 23.6. The van der Waals surface area contributed by atoms with Crippen LogP contribution in [0.25, 0.3) is 0 Å². The smallest absolute Gasteiger partial charge is 0.297 e. The second kappa shape index (κ2) is 9.62. The van der Waals surface area contributed by atoms with Gasteiger partial charge in [-0.25, -0.2) is 0 Å². The number of rotatable bonds is 9. The molecule has 32 heavy (non-hydrogen) atoms. The van der Waals surface area contributed by atoms with Gasteiger partial charge in [-0.05, 0) is 42.3 Å². The molecule has 0 spiro atoms. The predicted octanol–water partition coefficient (Wildman–Crippen LogP) is 2.97. The van der Waals surface area contributed by atoms with E-state index in [9.17, 15) is 23.4 Å². The van der Waals surface area contributed by atoms with Crippen molar-refractivity contribution in [1.29, 1.82) is 0 Å². The summed E-state index contributed by atoms with van der Waals surface area (Å²) in [6.07, 6.45) is 0. The summed E-state index contributed by atoms with van der Waals surface area (Å²) < 4.78 is 35.6. The number of benzene rings is 3. The Balaban J connectivity index is 1.97. The summed E-state index contributed by atoms with van der Waals surface area (Å²) in [7, 11) is -2.75. The van der Waals surface area contributed by atoms with Gasteiger partial charge in [0.1, 0.15) is 12.4 Å². The highest BCUT2D eigenvalue weighted by Crippen LogP contribution is 2.30. The Morgan fingerprint density at radius 1 is 0.938 bits per heavy atom. The van der Waals surface area contributed by atoms with Crippen molar-refractivity contribution in [3.05, 3.63) is 95.1 Å². The van der Waals surface area contributed by atoms with E-state index in [1.807, 2.05) is 6.92 Å². The van der Waals surface area contributed by atoms with Crippen LogP contribution in [-0.2, 0) is 26.5 Å². The molecule has 1 atom stereocenters. The Labute approximate surface area is 187 Å². The number of ether oxygens (including phenoxy) is 1. The number of carbonyl (C=O) groups is 1. The minimum absolute atomic E-state index is 0.0834. The maximum atomic E-state index is 13.3. The first-order valence-electron chi connectivity index (χ1n) is 9.77. The Hall–Kier alpha value is -3.04. The molecule has 168 valence electrons. The molecule has 0 amide bonds. The molecular weight excluding hydrogens is 432 g/mol. The van der Waals surface area contributed by atoms with Gasteiger partial charge >= 0.3 is 0 Å². The number of carbonyl (C=O) groups excluding carboxylic acids is 1. The molecule has 0 heterocycles. The Morgan fingerprint density at radius 2 is 1.53 bits per heavy atom. The van der Waals surface area contributed by atoms with Crippen LogP contribution in [0, 0.1) is 6.92 Å². The zero-order valence-electron chi connectivity index (χ0n) is 17.7. The van der Waals surface area contributed by atoms with Crippen molar-refractivity contribution in [1.82, 2.24) is 0 Å². The van der Waals surface area contributed by atoms with Crippen LogP contribution in [0.2, 0.25) is 0 Å². The highest BCUT2D eigenvalue weighted by molar-refractivity contribution is 7.86. The Bertz CT molecular complexity index is 1170. The second-order valence-corrected chi connectivity index (χ2v) is 8.92. The predicted molar refractivity (Wildman–Crippen MR) is 118 cm³/mol. The summed E-state index contributed by atoms with van der Waals surface area (Å²) in [5.74, 6) is -0.240. The molecule has 8 heteroatoms. The SMILES string of the molecule is COc1ccc(C(O)(COS(=O)(=O)c2ccc(C)cc2)C(=O)c2ccc(CO)cc2)cc1. The van der Waals surface area contributed by atoms with Gasteiger partial charge in [-0.15, -0.1) is 0 Å². The van der Waals surface area contributed by atoms with Gasteiger partial charge in [0, 0.05) is 5.56 Å². The van der Waals surface area contributed by atoms with Crippen LogP contribution in [0.3, 0.4) is 0 Å². The number of ketones is 1. The maximum Gasteiger partial charge on any atom is 0.297 e. The number of hydrogen-bond acceptors (Lipinski definition) is 7. The molecule has 0 aliphatic heterocycles. The highest BCUT2D eigenvalue weighted by atomic mass is 32.2. The van der Waals surface area contributed by atoms with E-state index in [1.54, 1.807) is 36.4 Å². The quantitative estimate of drug-likeness (QED) is 0.376. The maximum absolute atomic E-state index is 13.3. The minimum atomic E-state index is -4.23. The molecule has 1 unspecified atom stereocenters. The van der Waals surface area contributed by atoms with E-state index in [0.29, 0.717) is 11.3 Å². The lowest BCUT2D eigenvalue weighted by molar-refractivity contribution is 0.00407. The van der Waals surface area contributed by atoms with Crippen molar-refractivity contribution in [2.24, 2.45) is 0 Å². The summed E-state index contributed by atoms with van der Waals surface area (Å²) in [6.45, 7) is 0.797. The molecule has 0 fully saturated rings. The van der Waals surface area contributed by atoms with Crippen molar-refractivity contribution in [3.8, 4) is 5.75 Å². The van der Waals surface area contributed by atoms with Crippen LogP contribution >= 0.6 is 0 Å². The summed E-state index contributed by atoms with van der Waals surface area (Å²) >= 11 is 0. The van der Waals surface area contributed by atoms with Gasteiger partial charge in [0.15, 0.2) is 5.60 Å². The standard InChI is InChI=1S/C24H24O7S/c1-17-3-13-22(14-4-17)32(28,29)31-16-24(27,20-9-11-21(30-2)12-10-20)23(26)19-7-5-18(15-25)6-8-19/h3-14,25,27H,15-16H2,1-2H3. The lowest BCUT2D eigenvalue weighted by Gasteiger charge is -2.27. The molecule has 0 saturated heterocycles. The number of Topliss-reactive ketones (excluding diaryl/α,β-unsaturated/α-hetero) is 1. The molecule has 3 aromatic carbocycles. The van der Waals surface area contributed by atoms with E-state index < -0.39 is 28.1 Å². The van der Waals surface area contributed by atoms with Crippen LogP contribution < -0.4 is 4.74 Å². The summed E-state index contributed by atoms with van der Waals surface area (Å²) in [6, 6.07) is 18.1. The van der Waals surface area contributed by atoms with Gasteiger partial charge in [0.05, 0.1) is 18.6 Å². The van der Waals surface area contributed by atoms with E-state index >= 15 is 0 Å². The molecule has 0 bridgehead atoms. The fraction of sp³-hybridized carbons (Fsp3) is 0.208. The lowest BCUT2D eigenvalue weighted by atomic mass is 9.86. The van der Waals surface area contributed by atoms with Crippen molar-refractivity contribution < 1.29 is 32.3 Å². The fourth-order valence-electron chi connectivity index (χ4n) is 3.08. The molecule has 0 aromatic heterocycles. The molecule has 3 rings (SSSR count). The van der Waals surface area contributed by atoms with Crippen molar-refractivity contribution in [2.75, 3.05) is 13.7 Å². The monoisotopic (exact) mass is 456 g/mol. The first-order valence-corrected chi connectivity index (χ1v) is 11.2. The van der Waals surface area contributed by atoms with Gasteiger partial charge in [0.25, 0.3) is 10.1 Å². The molecular formula is C24H24O7S. The third-order valence-electron chi connectivity index (χ3n) is 5.07. The van der Waals surface area contributed by atoms with E-state index in [-0.39, 0.29) is 22.6 Å². The van der Waals surface area contributed by atoms with Gasteiger partial charge in [0.2, 0.25) is 5.78 Å². The number of methoxy groups -OCH3 is 1. The lowest BCUT2D eigenvalue weighted by Crippen LogP contribution is -2.41. The zero-order chi connectivity index (χ0) is 23.4. The van der Waals surface area contributed by atoms with E-state index in [1.165, 1.54) is 43.5 Å². The molecule has 0 saturated carbocycles. The normalized spacial score (nSPS) is 13.4. The molecule has 0 aliphatic carbocycles. The minimum Gasteiger partial charge on any atom is -0.497 e. The number of hydrogen-bond donors (Lipinski definition) is 2. The van der Waals surface area contributed by atoms with Crippen LogP contribution in [0.4, 0.5) is 0 Å². The molecule has 7 nitrogen and oxygen atoms in total. The number of aliphatic hydroxyl groups excluding tert-OH is 1. The average molecular weight is 457 g/mol. The molecule has 2 N–H and O–H groups in total. The first-order chi connectivity index (χ1) is 15.2. The van der Waals surface area contributed by atoms with Crippen LogP contribution in [0.1, 0.15) is 27.0 Å². The Kier molecular flexibility index (Phi) is 7.10. The summed E-state index contributed by atoms with van der Waals surface area (Å²) in [4.78, 5) is 13.2. The van der Waals surface area contributed by atoms with Crippen LogP contribution in [-0.4, -0.2) is 38.1 Å². The van der Waals surface area contributed by atoms with E-state index in [4.69, 9.17) is 8.92 Å². The van der Waals surface area contributed by atoms with Gasteiger partial charge < -0.3 is 14.9 Å². The summed E-state index contributed by atoms with van der Waals surface area (Å²) in [5.41, 5.74) is -0.538. The van der Waals surface area contributed by atoms with Gasteiger partial charge in [-0.2, -0.15) is 8.42 Å². The topological polar surface area (TPSA) is 110 Å². The van der Waals surface area contributed by atoms with Gasteiger partial charge in [-0.1, -0.05) is 54.1 Å². The van der Waals surface area contributed by atoms with E-state index in [0.717, 1.165) is 5.56 Å². The average Bonchev–Trinajstić information content (AvgIpc) is 2.82. The number of aliphatic hydroxyl groups is 2. The van der Waals surface area contributed by atoms with Crippen molar-refractivity contribution in [2.45, 2.75) is 24.0 Å². The molecule has 0 aliphatic rings. The van der Waals surface area contributed by atoms with E-state index in [2.05, 4.69) is 0 Å². The van der Waals surface area contributed by atoms with Crippen molar-refractivity contribution >= 4 is 15.9 Å². The van der Waals surface area contributed by atoms with Crippen molar-refractivity contribution in [3.63, 3.8) is 0 Å². The van der Waals surface area contributed by atoms with Crippen LogP contribution in [0.5, 0.6) is 5.75 Å². The zero-order valence-corrected chi connectivity index (χ0v) is 18.5. The van der Waals surface area contributed by atoms with Crippen LogP contribution in [0.15, 0.2) is 77.7 Å². The fourth-order valence-corrected chi connectivity index (χ4v) is 4.01. The molecule has 0 radical (unpaired) electrons. The largest absolute Gasteiger partial charge is 0.497 e.